The quantitative estimate of drug-likeness (QED) is 0.584. The van der Waals surface area contributed by atoms with Crippen LogP contribution in [0.15, 0.2) is 34.7 Å². The topological polar surface area (TPSA) is 13.1 Å². The summed E-state index contributed by atoms with van der Waals surface area (Å²) in [5.74, 6) is 0.973. The maximum absolute atomic E-state index is 5.37. The summed E-state index contributed by atoms with van der Waals surface area (Å²) in [5, 5.41) is 1.18. The molecule has 0 N–H and O–H groups in total. The fraction of sp³-hybridized carbons (Fsp3) is 0.385. The summed E-state index contributed by atoms with van der Waals surface area (Å²) in [5.41, 5.74) is 0.972. The van der Waals surface area contributed by atoms with E-state index >= 15 is 0 Å². The van der Waals surface area contributed by atoms with E-state index in [1.54, 1.807) is 0 Å². The fourth-order valence-electron chi connectivity index (χ4n) is 1.11. The second-order valence-electron chi connectivity index (χ2n) is 2.39. The Labute approximate surface area is 86.7 Å². The molecule has 0 aliphatic heterocycles. The number of aryl methyl sites for hydroxylation is 1. The van der Waals surface area contributed by atoms with Crippen LogP contribution < -0.4 is 0 Å². The minimum Gasteiger partial charge on any atom is -0.461 e. The van der Waals surface area contributed by atoms with Gasteiger partial charge in [0.25, 0.3) is 0 Å². The monoisotopic (exact) mass is 192 g/mol. The lowest BCUT2D eigenvalue weighted by Gasteiger charge is -1.82. The van der Waals surface area contributed by atoms with Gasteiger partial charge in [-0.25, -0.2) is 0 Å². The molecule has 1 aromatic carbocycles. The zero-order valence-corrected chi connectivity index (χ0v) is 9.79. The second-order valence-corrected chi connectivity index (χ2v) is 2.39. The van der Waals surface area contributed by atoms with E-state index in [2.05, 4.69) is 0 Å². The first kappa shape index (κ1) is 12.8. The van der Waals surface area contributed by atoms with Crippen molar-refractivity contribution in [3.05, 3.63) is 36.1 Å². The molecule has 2 aromatic rings. The van der Waals surface area contributed by atoms with Crippen molar-refractivity contribution in [1.29, 1.82) is 0 Å². The van der Waals surface area contributed by atoms with Crippen LogP contribution in [-0.4, -0.2) is 0 Å². The third kappa shape index (κ3) is 3.25. The van der Waals surface area contributed by atoms with E-state index in [0.717, 1.165) is 11.3 Å². The Morgan fingerprint density at radius 2 is 1.50 bits per heavy atom. The molecule has 2 rings (SSSR count). The molecule has 0 aliphatic rings. The first-order chi connectivity index (χ1) is 6.86. The van der Waals surface area contributed by atoms with Crippen LogP contribution in [0.1, 0.15) is 33.5 Å². The second kappa shape index (κ2) is 7.19. The van der Waals surface area contributed by atoms with Crippen LogP contribution in [0.25, 0.3) is 11.0 Å². The summed E-state index contributed by atoms with van der Waals surface area (Å²) in [7, 11) is 0. The summed E-state index contributed by atoms with van der Waals surface area (Å²) in [6, 6.07) is 10.0. The zero-order chi connectivity index (χ0) is 11.0. The van der Waals surface area contributed by atoms with Crippen molar-refractivity contribution < 1.29 is 4.42 Å². The molecule has 0 aliphatic carbocycles. The lowest BCUT2D eigenvalue weighted by molar-refractivity contribution is 0.578. The number of fused-ring (bicyclic) bond motifs is 1. The molecule has 1 nitrogen and oxygen atoms in total. The van der Waals surface area contributed by atoms with Crippen molar-refractivity contribution in [3.8, 4) is 0 Å². The molecule has 0 saturated heterocycles. The SMILES string of the molecule is CC.CC.Cc1cc2ccccc2o1. The number of para-hydroxylation sites is 1. The van der Waals surface area contributed by atoms with Gasteiger partial charge in [0.1, 0.15) is 11.3 Å². The van der Waals surface area contributed by atoms with Gasteiger partial charge < -0.3 is 4.42 Å². The Morgan fingerprint density at radius 1 is 0.929 bits per heavy atom. The Hall–Kier alpha value is -1.24. The van der Waals surface area contributed by atoms with Crippen molar-refractivity contribution in [3.63, 3.8) is 0 Å². The number of furan rings is 1. The molecule has 0 bridgehead atoms. The average molecular weight is 192 g/mol. The molecule has 0 atom stereocenters. The van der Waals surface area contributed by atoms with Crippen LogP contribution in [0.4, 0.5) is 0 Å². The Kier molecular flexibility index (Phi) is 6.55. The van der Waals surface area contributed by atoms with E-state index in [0.29, 0.717) is 0 Å². The molecular weight excluding hydrogens is 172 g/mol. The predicted octanol–water partition coefficient (Wildman–Crippen LogP) is 4.79. The van der Waals surface area contributed by atoms with Gasteiger partial charge in [0.15, 0.2) is 0 Å². The normalized spacial score (nSPS) is 8.36. The molecule has 1 heteroatoms. The standard InChI is InChI=1S/C9H8O.2C2H6/c1-7-6-8-4-2-3-5-9(8)10-7;2*1-2/h2-6H,1H3;2*1-2H3. The highest BCUT2D eigenvalue weighted by Gasteiger charge is 1.95. The van der Waals surface area contributed by atoms with Crippen molar-refractivity contribution >= 4 is 11.0 Å². The number of benzene rings is 1. The summed E-state index contributed by atoms with van der Waals surface area (Å²) in [4.78, 5) is 0. The van der Waals surface area contributed by atoms with Crippen molar-refractivity contribution in [2.24, 2.45) is 0 Å². The molecule has 0 amide bonds. The lowest BCUT2D eigenvalue weighted by atomic mass is 10.2. The molecule has 1 heterocycles. The molecule has 78 valence electrons. The van der Waals surface area contributed by atoms with Gasteiger partial charge in [-0.2, -0.15) is 0 Å². The summed E-state index contributed by atoms with van der Waals surface area (Å²) >= 11 is 0. The maximum atomic E-state index is 5.37. The molecule has 14 heavy (non-hydrogen) atoms. The summed E-state index contributed by atoms with van der Waals surface area (Å²) in [6.45, 7) is 9.96. The fourth-order valence-corrected chi connectivity index (χ4v) is 1.11. The van der Waals surface area contributed by atoms with Crippen molar-refractivity contribution in [2.75, 3.05) is 0 Å². The Balaban J connectivity index is 0.000000379. The highest BCUT2D eigenvalue weighted by atomic mass is 16.3. The van der Waals surface area contributed by atoms with Crippen LogP contribution in [0.2, 0.25) is 0 Å². The van der Waals surface area contributed by atoms with Gasteiger partial charge in [0, 0.05) is 5.39 Å². The van der Waals surface area contributed by atoms with E-state index in [4.69, 9.17) is 4.42 Å². The predicted molar refractivity (Wildman–Crippen MR) is 63.6 cm³/mol. The van der Waals surface area contributed by atoms with E-state index in [9.17, 15) is 0 Å². The minimum absolute atomic E-state index is 0.972. The smallest absolute Gasteiger partial charge is 0.134 e. The van der Waals surface area contributed by atoms with Gasteiger partial charge in [-0.3, -0.25) is 0 Å². The third-order valence-corrected chi connectivity index (χ3v) is 1.55. The molecule has 1 aromatic heterocycles. The number of hydrogen-bond acceptors (Lipinski definition) is 1. The van der Waals surface area contributed by atoms with E-state index in [1.165, 1.54) is 5.39 Å². The lowest BCUT2D eigenvalue weighted by Crippen LogP contribution is -1.57. The number of hydrogen-bond donors (Lipinski definition) is 0. The maximum Gasteiger partial charge on any atom is 0.134 e. The van der Waals surface area contributed by atoms with Gasteiger partial charge >= 0.3 is 0 Å². The van der Waals surface area contributed by atoms with E-state index < -0.39 is 0 Å². The first-order valence-electron chi connectivity index (χ1n) is 5.31. The van der Waals surface area contributed by atoms with Crippen LogP contribution >= 0.6 is 0 Å². The van der Waals surface area contributed by atoms with Crippen molar-refractivity contribution in [2.45, 2.75) is 34.6 Å². The first-order valence-corrected chi connectivity index (χ1v) is 5.31. The zero-order valence-electron chi connectivity index (χ0n) is 9.79. The van der Waals surface area contributed by atoms with Gasteiger partial charge in [-0.1, -0.05) is 45.9 Å². The highest BCUT2D eigenvalue weighted by Crippen LogP contribution is 2.17. The average Bonchev–Trinajstić information content (AvgIpc) is 2.64. The van der Waals surface area contributed by atoms with Gasteiger partial charge in [0.05, 0.1) is 0 Å². The largest absolute Gasteiger partial charge is 0.461 e. The number of rotatable bonds is 0. The molecule has 0 spiro atoms. The molecule has 0 saturated carbocycles. The molecular formula is C13H20O. The Morgan fingerprint density at radius 3 is 2.07 bits per heavy atom. The van der Waals surface area contributed by atoms with E-state index in [1.807, 2.05) is 65.0 Å². The minimum atomic E-state index is 0.972. The van der Waals surface area contributed by atoms with Gasteiger partial charge in [0.2, 0.25) is 0 Å². The Bertz CT molecular complexity index is 314. The van der Waals surface area contributed by atoms with Gasteiger partial charge in [-0.05, 0) is 19.1 Å². The summed E-state index contributed by atoms with van der Waals surface area (Å²) in [6.07, 6.45) is 0. The molecule has 0 fully saturated rings. The van der Waals surface area contributed by atoms with Crippen molar-refractivity contribution in [1.82, 2.24) is 0 Å². The highest BCUT2D eigenvalue weighted by molar-refractivity contribution is 5.77. The van der Waals surface area contributed by atoms with Crippen LogP contribution in [0, 0.1) is 6.92 Å². The van der Waals surface area contributed by atoms with Gasteiger partial charge in [-0.15, -0.1) is 0 Å². The summed E-state index contributed by atoms with van der Waals surface area (Å²) < 4.78 is 5.37. The van der Waals surface area contributed by atoms with Crippen LogP contribution in [0.5, 0.6) is 0 Å². The third-order valence-electron chi connectivity index (χ3n) is 1.55. The van der Waals surface area contributed by atoms with E-state index in [-0.39, 0.29) is 0 Å². The molecule has 0 unspecified atom stereocenters. The van der Waals surface area contributed by atoms with Crippen LogP contribution in [-0.2, 0) is 0 Å². The van der Waals surface area contributed by atoms with Crippen LogP contribution in [0.3, 0.4) is 0 Å². The molecule has 0 radical (unpaired) electrons.